The molecule has 0 atom stereocenters. The lowest BCUT2D eigenvalue weighted by Gasteiger charge is -2.01. The van der Waals surface area contributed by atoms with Crippen LogP contribution in [0.4, 0.5) is 0 Å². The van der Waals surface area contributed by atoms with Crippen LogP contribution in [0, 0.1) is 13.8 Å². The summed E-state index contributed by atoms with van der Waals surface area (Å²) in [5, 5.41) is 10.6. The first-order valence-corrected chi connectivity index (χ1v) is 8.32. The van der Waals surface area contributed by atoms with Gasteiger partial charge in [0.2, 0.25) is 0 Å². The number of pyridine rings is 1. The standard InChI is InChI=1S/C15H14N4S2/c1-10-15(21-11(2)17-10)13-3-4-14(19-18-13)20-9-12-5-7-16-8-6-12/h3-8H,9H2,1-2H3. The van der Waals surface area contributed by atoms with Crippen LogP contribution in [0.15, 0.2) is 41.7 Å². The van der Waals surface area contributed by atoms with E-state index in [4.69, 9.17) is 0 Å². The van der Waals surface area contributed by atoms with Crippen molar-refractivity contribution in [2.45, 2.75) is 24.6 Å². The van der Waals surface area contributed by atoms with Gasteiger partial charge < -0.3 is 0 Å². The highest BCUT2D eigenvalue weighted by Gasteiger charge is 2.09. The number of thioether (sulfide) groups is 1. The molecule has 0 bridgehead atoms. The Hall–Kier alpha value is -1.79. The molecule has 0 aromatic carbocycles. The Morgan fingerprint density at radius 3 is 2.48 bits per heavy atom. The zero-order chi connectivity index (χ0) is 14.7. The molecule has 3 rings (SSSR count). The summed E-state index contributed by atoms with van der Waals surface area (Å²) in [5.41, 5.74) is 3.14. The Kier molecular flexibility index (Phi) is 4.26. The molecule has 21 heavy (non-hydrogen) atoms. The van der Waals surface area contributed by atoms with E-state index in [2.05, 4.69) is 20.2 Å². The second kappa shape index (κ2) is 6.32. The first-order chi connectivity index (χ1) is 10.2. The Balaban J connectivity index is 1.71. The van der Waals surface area contributed by atoms with Crippen molar-refractivity contribution < 1.29 is 0 Å². The predicted octanol–water partition coefficient (Wildman–Crippen LogP) is 3.90. The largest absolute Gasteiger partial charge is 0.265 e. The number of hydrogen-bond donors (Lipinski definition) is 0. The molecule has 0 spiro atoms. The van der Waals surface area contributed by atoms with E-state index in [1.54, 1.807) is 35.5 Å². The molecule has 0 aliphatic heterocycles. The van der Waals surface area contributed by atoms with Crippen LogP contribution in [0.3, 0.4) is 0 Å². The van der Waals surface area contributed by atoms with Gasteiger partial charge in [0.15, 0.2) is 0 Å². The van der Waals surface area contributed by atoms with Crippen LogP contribution in [0.25, 0.3) is 10.6 Å². The Bertz CT molecular complexity index is 723. The van der Waals surface area contributed by atoms with E-state index in [-0.39, 0.29) is 0 Å². The number of thiazole rings is 1. The molecule has 0 saturated heterocycles. The molecule has 0 saturated carbocycles. The average Bonchev–Trinajstić information content (AvgIpc) is 2.85. The predicted molar refractivity (Wildman–Crippen MR) is 86.4 cm³/mol. The molecule has 0 radical (unpaired) electrons. The smallest absolute Gasteiger partial charge is 0.119 e. The molecule has 0 N–H and O–H groups in total. The lowest BCUT2D eigenvalue weighted by atomic mass is 10.3. The lowest BCUT2D eigenvalue weighted by molar-refractivity contribution is 0.935. The van der Waals surface area contributed by atoms with Gasteiger partial charge in [0.25, 0.3) is 0 Å². The second-order valence-electron chi connectivity index (χ2n) is 4.55. The number of aromatic nitrogens is 4. The van der Waals surface area contributed by atoms with Crippen molar-refractivity contribution in [3.63, 3.8) is 0 Å². The molecule has 4 nitrogen and oxygen atoms in total. The highest BCUT2D eigenvalue weighted by molar-refractivity contribution is 7.98. The van der Waals surface area contributed by atoms with E-state index < -0.39 is 0 Å². The zero-order valence-electron chi connectivity index (χ0n) is 11.8. The average molecular weight is 314 g/mol. The van der Waals surface area contributed by atoms with Gasteiger partial charge in [0, 0.05) is 18.1 Å². The molecule has 3 aromatic rings. The SMILES string of the molecule is Cc1nc(C)c(-c2ccc(SCc3ccncc3)nn2)s1. The number of nitrogens with zero attached hydrogens (tertiary/aromatic N) is 4. The van der Waals surface area contributed by atoms with Gasteiger partial charge >= 0.3 is 0 Å². The fourth-order valence-corrected chi connectivity index (χ4v) is 3.58. The van der Waals surface area contributed by atoms with Crippen LogP contribution < -0.4 is 0 Å². The summed E-state index contributed by atoms with van der Waals surface area (Å²) in [6.07, 6.45) is 3.61. The van der Waals surface area contributed by atoms with E-state index in [0.29, 0.717) is 0 Å². The maximum absolute atomic E-state index is 4.43. The van der Waals surface area contributed by atoms with Crippen LogP contribution in [0.5, 0.6) is 0 Å². The van der Waals surface area contributed by atoms with Gasteiger partial charge in [-0.25, -0.2) is 4.98 Å². The van der Waals surface area contributed by atoms with Gasteiger partial charge in [-0.1, -0.05) is 11.8 Å². The fourth-order valence-electron chi connectivity index (χ4n) is 1.92. The third kappa shape index (κ3) is 3.46. The summed E-state index contributed by atoms with van der Waals surface area (Å²) in [6.45, 7) is 4.01. The molecule has 106 valence electrons. The first-order valence-electron chi connectivity index (χ1n) is 6.52. The number of hydrogen-bond acceptors (Lipinski definition) is 6. The summed E-state index contributed by atoms with van der Waals surface area (Å²) >= 11 is 3.33. The van der Waals surface area contributed by atoms with E-state index in [0.717, 1.165) is 32.1 Å². The Morgan fingerprint density at radius 1 is 1.05 bits per heavy atom. The van der Waals surface area contributed by atoms with Crippen LogP contribution >= 0.6 is 23.1 Å². The van der Waals surface area contributed by atoms with Crippen molar-refractivity contribution in [3.05, 3.63) is 52.9 Å². The lowest BCUT2D eigenvalue weighted by Crippen LogP contribution is -1.90. The van der Waals surface area contributed by atoms with Crippen LogP contribution in [0.1, 0.15) is 16.3 Å². The highest BCUT2D eigenvalue weighted by Crippen LogP contribution is 2.29. The van der Waals surface area contributed by atoms with Crippen molar-refractivity contribution in [2.75, 3.05) is 0 Å². The summed E-state index contributed by atoms with van der Waals surface area (Å²) in [5.74, 6) is 0.870. The topological polar surface area (TPSA) is 51.6 Å². The zero-order valence-corrected chi connectivity index (χ0v) is 13.4. The Morgan fingerprint density at radius 2 is 1.86 bits per heavy atom. The first kappa shape index (κ1) is 14.2. The Labute approximate surface area is 131 Å². The molecular formula is C15H14N4S2. The van der Waals surface area contributed by atoms with E-state index in [1.807, 2.05) is 38.1 Å². The molecule has 6 heteroatoms. The second-order valence-corrected chi connectivity index (χ2v) is 6.75. The molecule has 0 aliphatic carbocycles. The van der Waals surface area contributed by atoms with Crippen molar-refractivity contribution in [3.8, 4) is 10.6 Å². The molecule has 0 amide bonds. The van der Waals surface area contributed by atoms with Crippen molar-refractivity contribution >= 4 is 23.1 Å². The maximum atomic E-state index is 4.43. The van der Waals surface area contributed by atoms with Gasteiger partial charge in [-0.2, -0.15) is 0 Å². The third-order valence-electron chi connectivity index (χ3n) is 2.91. The summed E-state index contributed by atoms with van der Waals surface area (Å²) < 4.78 is 0. The molecule has 0 unspecified atom stereocenters. The van der Waals surface area contributed by atoms with Crippen molar-refractivity contribution in [2.24, 2.45) is 0 Å². The minimum absolute atomic E-state index is 0.870. The molecular weight excluding hydrogens is 300 g/mol. The van der Waals surface area contributed by atoms with Crippen molar-refractivity contribution in [1.29, 1.82) is 0 Å². The third-order valence-corrected chi connectivity index (χ3v) is 5.00. The highest BCUT2D eigenvalue weighted by atomic mass is 32.2. The van der Waals surface area contributed by atoms with E-state index in [9.17, 15) is 0 Å². The summed E-state index contributed by atoms with van der Waals surface area (Å²) in [7, 11) is 0. The maximum Gasteiger partial charge on any atom is 0.119 e. The number of aryl methyl sites for hydroxylation is 2. The fraction of sp³-hybridized carbons (Fsp3) is 0.200. The van der Waals surface area contributed by atoms with E-state index in [1.165, 1.54) is 5.56 Å². The van der Waals surface area contributed by atoms with Gasteiger partial charge in [-0.05, 0) is 43.7 Å². The van der Waals surface area contributed by atoms with Gasteiger partial charge in [-0.15, -0.1) is 21.5 Å². The molecule has 3 aromatic heterocycles. The monoisotopic (exact) mass is 314 g/mol. The van der Waals surface area contributed by atoms with Crippen LogP contribution in [-0.2, 0) is 5.75 Å². The normalized spacial score (nSPS) is 10.8. The number of rotatable bonds is 4. The van der Waals surface area contributed by atoms with Crippen LogP contribution in [-0.4, -0.2) is 20.2 Å². The van der Waals surface area contributed by atoms with Crippen molar-refractivity contribution in [1.82, 2.24) is 20.2 Å². The van der Waals surface area contributed by atoms with Gasteiger partial charge in [0.05, 0.1) is 15.6 Å². The minimum atomic E-state index is 0.870. The quantitative estimate of drug-likeness (QED) is 0.684. The molecule has 0 aliphatic rings. The van der Waals surface area contributed by atoms with Gasteiger partial charge in [-0.3, -0.25) is 4.98 Å². The summed E-state index contributed by atoms with van der Waals surface area (Å²) in [4.78, 5) is 9.54. The van der Waals surface area contributed by atoms with Crippen LogP contribution in [0.2, 0.25) is 0 Å². The van der Waals surface area contributed by atoms with Gasteiger partial charge in [0.1, 0.15) is 10.7 Å². The molecule has 0 fully saturated rings. The minimum Gasteiger partial charge on any atom is -0.265 e. The molecule has 3 heterocycles. The summed E-state index contributed by atoms with van der Waals surface area (Å²) in [6, 6.07) is 8.06. The van der Waals surface area contributed by atoms with E-state index >= 15 is 0 Å².